The Bertz CT molecular complexity index is 855. The Hall–Kier alpha value is -2.78. The van der Waals surface area contributed by atoms with Crippen LogP contribution in [0.3, 0.4) is 0 Å². The standard InChI is InChI=1S/C12H14N2OS2.C6H6N2O2/c1-8(2)10-6-13-12(17-10)14-11(15)5-9-3-4-16-7-9;1-2-5(9)8-6-7-3-4-10-6/h3-4,6-8H,5H2,1-2H3,(H,13,14,15);2-4H,1H2,(H,7,8,9). The average molecular weight is 405 g/mol. The van der Waals surface area contributed by atoms with E-state index in [1.807, 2.05) is 23.0 Å². The predicted molar refractivity (Wildman–Crippen MR) is 108 cm³/mol. The molecule has 2 N–H and O–H groups in total. The number of aromatic nitrogens is 2. The largest absolute Gasteiger partial charge is 0.432 e. The number of thiophene rings is 1. The maximum atomic E-state index is 11.7. The Balaban J connectivity index is 0.000000223. The van der Waals surface area contributed by atoms with Crippen molar-refractivity contribution in [2.45, 2.75) is 26.2 Å². The van der Waals surface area contributed by atoms with Gasteiger partial charge in [-0.2, -0.15) is 11.3 Å². The van der Waals surface area contributed by atoms with Gasteiger partial charge in [0.2, 0.25) is 5.91 Å². The van der Waals surface area contributed by atoms with Crippen LogP contribution in [0.15, 0.2) is 52.6 Å². The number of nitrogens with zero attached hydrogens (tertiary/aromatic N) is 2. The normalized spacial score (nSPS) is 10.0. The maximum Gasteiger partial charge on any atom is 0.301 e. The van der Waals surface area contributed by atoms with Crippen molar-refractivity contribution in [2.75, 3.05) is 10.6 Å². The number of nitrogens with one attached hydrogen (secondary N) is 2. The lowest BCUT2D eigenvalue weighted by molar-refractivity contribution is -0.115. The number of anilines is 2. The van der Waals surface area contributed by atoms with Gasteiger partial charge >= 0.3 is 6.01 Å². The number of carbonyl (C=O) groups excluding carboxylic acids is 2. The Morgan fingerprint density at radius 2 is 2.15 bits per heavy atom. The fourth-order valence-electron chi connectivity index (χ4n) is 1.79. The van der Waals surface area contributed by atoms with Gasteiger partial charge in [-0.25, -0.2) is 9.97 Å². The smallest absolute Gasteiger partial charge is 0.301 e. The van der Waals surface area contributed by atoms with E-state index in [2.05, 4.69) is 41.0 Å². The summed E-state index contributed by atoms with van der Waals surface area (Å²) in [6, 6.07) is 2.15. The lowest BCUT2D eigenvalue weighted by Crippen LogP contribution is -2.13. The minimum atomic E-state index is -0.331. The molecule has 0 saturated heterocycles. The van der Waals surface area contributed by atoms with Gasteiger partial charge in [0.15, 0.2) is 5.13 Å². The lowest BCUT2D eigenvalue weighted by atomic mass is 10.2. The van der Waals surface area contributed by atoms with E-state index in [9.17, 15) is 9.59 Å². The highest BCUT2D eigenvalue weighted by atomic mass is 32.1. The second kappa shape index (κ2) is 10.4. The van der Waals surface area contributed by atoms with Gasteiger partial charge in [-0.15, -0.1) is 11.3 Å². The molecular formula is C18H20N4O3S2. The number of rotatable bonds is 6. The first-order chi connectivity index (χ1) is 13.0. The zero-order valence-electron chi connectivity index (χ0n) is 15.0. The van der Waals surface area contributed by atoms with Gasteiger partial charge in [-0.3, -0.25) is 14.9 Å². The first kappa shape index (κ1) is 20.5. The third-order valence-electron chi connectivity index (χ3n) is 3.13. The zero-order chi connectivity index (χ0) is 19.6. The van der Waals surface area contributed by atoms with Crippen LogP contribution in [0.5, 0.6) is 0 Å². The van der Waals surface area contributed by atoms with E-state index in [1.54, 1.807) is 22.7 Å². The molecule has 3 aromatic heterocycles. The van der Waals surface area contributed by atoms with Crippen molar-refractivity contribution in [3.05, 3.63) is 58.6 Å². The van der Waals surface area contributed by atoms with Crippen LogP contribution < -0.4 is 10.6 Å². The van der Waals surface area contributed by atoms with Crippen LogP contribution in [0.4, 0.5) is 11.1 Å². The average Bonchev–Trinajstić information content (AvgIpc) is 3.37. The third kappa shape index (κ3) is 7.16. The van der Waals surface area contributed by atoms with Crippen molar-refractivity contribution < 1.29 is 14.0 Å². The number of hydrogen-bond acceptors (Lipinski definition) is 7. The van der Waals surface area contributed by atoms with E-state index in [0.717, 1.165) is 11.6 Å². The molecule has 3 rings (SSSR count). The topological polar surface area (TPSA) is 97.1 Å². The van der Waals surface area contributed by atoms with E-state index >= 15 is 0 Å². The van der Waals surface area contributed by atoms with E-state index < -0.39 is 0 Å². The van der Waals surface area contributed by atoms with Crippen molar-refractivity contribution in [3.8, 4) is 0 Å². The molecule has 7 nitrogen and oxygen atoms in total. The Morgan fingerprint density at radius 1 is 1.33 bits per heavy atom. The molecule has 0 atom stereocenters. The number of hydrogen-bond donors (Lipinski definition) is 2. The molecule has 3 heterocycles. The second-order valence-corrected chi connectivity index (χ2v) is 7.45. The van der Waals surface area contributed by atoms with Crippen LogP contribution in [0, 0.1) is 0 Å². The minimum absolute atomic E-state index is 0.00643. The molecular weight excluding hydrogens is 384 g/mol. The quantitative estimate of drug-likeness (QED) is 0.597. The van der Waals surface area contributed by atoms with E-state index in [1.165, 1.54) is 17.3 Å². The summed E-state index contributed by atoms with van der Waals surface area (Å²) in [6.07, 6.45) is 6.21. The van der Waals surface area contributed by atoms with Gasteiger partial charge in [0.25, 0.3) is 5.91 Å². The van der Waals surface area contributed by atoms with Crippen molar-refractivity contribution in [1.82, 2.24) is 9.97 Å². The third-order valence-corrected chi connectivity index (χ3v) is 5.08. The molecule has 0 aliphatic carbocycles. The molecule has 0 radical (unpaired) electrons. The maximum absolute atomic E-state index is 11.7. The highest BCUT2D eigenvalue weighted by Gasteiger charge is 2.09. The monoisotopic (exact) mass is 404 g/mol. The molecule has 2 amide bonds. The Labute approximate surface area is 165 Å². The molecule has 142 valence electrons. The number of carbonyl (C=O) groups is 2. The summed E-state index contributed by atoms with van der Waals surface area (Å²) >= 11 is 3.14. The molecule has 0 aromatic carbocycles. The molecule has 0 spiro atoms. The van der Waals surface area contributed by atoms with Gasteiger partial charge in [-0.05, 0) is 34.4 Å². The van der Waals surface area contributed by atoms with Gasteiger partial charge in [-0.1, -0.05) is 20.4 Å². The van der Waals surface area contributed by atoms with E-state index in [0.29, 0.717) is 17.5 Å². The first-order valence-electron chi connectivity index (χ1n) is 8.07. The number of thiazole rings is 1. The molecule has 0 unspecified atom stereocenters. The molecule has 3 aromatic rings. The van der Waals surface area contributed by atoms with Crippen LogP contribution in [-0.2, 0) is 16.0 Å². The highest BCUT2D eigenvalue weighted by Crippen LogP contribution is 2.25. The minimum Gasteiger partial charge on any atom is -0.432 e. The summed E-state index contributed by atoms with van der Waals surface area (Å²) in [4.78, 5) is 31.3. The summed E-state index contributed by atoms with van der Waals surface area (Å²) in [5.41, 5.74) is 1.05. The lowest BCUT2D eigenvalue weighted by Gasteiger charge is -2.00. The summed E-state index contributed by atoms with van der Waals surface area (Å²) in [7, 11) is 0. The van der Waals surface area contributed by atoms with Crippen molar-refractivity contribution in [2.24, 2.45) is 0 Å². The number of oxazole rings is 1. The molecule has 27 heavy (non-hydrogen) atoms. The molecule has 0 fully saturated rings. The summed E-state index contributed by atoms with van der Waals surface area (Å²) in [5, 5.41) is 9.82. The van der Waals surface area contributed by atoms with Crippen LogP contribution in [-0.4, -0.2) is 21.8 Å². The predicted octanol–water partition coefficient (Wildman–Crippen LogP) is 4.31. The van der Waals surface area contributed by atoms with E-state index in [-0.39, 0.29) is 17.8 Å². The van der Waals surface area contributed by atoms with Crippen LogP contribution in [0.1, 0.15) is 30.2 Å². The van der Waals surface area contributed by atoms with Crippen molar-refractivity contribution >= 4 is 45.6 Å². The van der Waals surface area contributed by atoms with E-state index in [4.69, 9.17) is 4.42 Å². The molecule has 0 bridgehead atoms. The SMILES string of the molecule is C=CC(=O)Nc1ncco1.CC(C)c1cnc(NC(=O)Cc2ccsc2)s1. The van der Waals surface area contributed by atoms with Gasteiger partial charge in [0, 0.05) is 11.1 Å². The number of amides is 2. The zero-order valence-corrected chi connectivity index (χ0v) is 16.6. The van der Waals surface area contributed by atoms with Crippen LogP contribution >= 0.6 is 22.7 Å². The molecule has 0 aliphatic heterocycles. The fourth-order valence-corrected chi connectivity index (χ4v) is 3.30. The molecule has 0 saturated carbocycles. The first-order valence-corrected chi connectivity index (χ1v) is 9.83. The van der Waals surface area contributed by atoms with Gasteiger partial charge in [0.05, 0.1) is 12.6 Å². The summed E-state index contributed by atoms with van der Waals surface area (Å²) < 4.78 is 4.72. The summed E-state index contributed by atoms with van der Waals surface area (Å²) in [5.74, 6) is 0.116. The Morgan fingerprint density at radius 3 is 2.70 bits per heavy atom. The van der Waals surface area contributed by atoms with Crippen molar-refractivity contribution in [3.63, 3.8) is 0 Å². The molecule has 0 aliphatic rings. The molecule has 9 heteroatoms. The van der Waals surface area contributed by atoms with Crippen molar-refractivity contribution in [1.29, 1.82) is 0 Å². The summed E-state index contributed by atoms with van der Waals surface area (Å²) in [6.45, 7) is 7.49. The Kier molecular flexibility index (Phi) is 7.90. The van der Waals surface area contributed by atoms with Crippen LogP contribution in [0.2, 0.25) is 0 Å². The second-order valence-electron chi connectivity index (χ2n) is 5.61. The van der Waals surface area contributed by atoms with Crippen LogP contribution in [0.25, 0.3) is 0 Å². The van der Waals surface area contributed by atoms with Gasteiger partial charge < -0.3 is 9.73 Å². The fraction of sp³-hybridized carbons (Fsp3) is 0.222. The highest BCUT2D eigenvalue weighted by molar-refractivity contribution is 7.15. The van der Waals surface area contributed by atoms with Gasteiger partial charge in [0.1, 0.15) is 6.26 Å².